The van der Waals surface area contributed by atoms with Gasteiger partial charge in [0.05, 0.1) is 18.1 Å². The number of nitrogen functional groups attached to an aromatic ring is 1. The number of ether oxygens (including phenoxy) is 1. The first kappa shape index (κ1) is 15.0. The van der Waals surface area contributed by atoms with Crippen LogP contribution in [0.25, 0.3) is 0 Å². The van der Waals surface area contributed by atoms with Gasteiger partial charge in [0, 0.05) is 16.7 Å². The Balaban J connectivity index is 2.47. The number of benzene rings is 1. The van der Waals surface area contributed by atoms with Gasteiger partial charge in [0.1, 0.15) is 0 Å². The molecule has 19 heavy (non-hydrogen) atoms. The molecule has 0 aliphatic rings. The number of amides is 1. The van der Waals surface area contributed by atoms with E-state index >= 15 is 0 Å². The molecule has 0 radical (unpaired) electrons. The summed E-state index contributed by atoms with van der Waals surface area (Å²) in [6.07, 6.45) is 0.210. The smallest absolute Gasteiger partial charge is 0.338 e. The molecule has 0 saturated heterocycles. The molecule has 0 spiro atoms. The van der Waals surface area contributed by atoms with Gasteiger partial charge in [0.25, 0.3) is 5.91 Å². The van der Waals surface area contributed by atoms with Crippen LogP contribution in [0.5, 0.6) is 0 Å². The van der Waals surface area contributed by atoms with Crippen LogP contribution in [0.15, 0.2) is 22.7 Å². The predicted molar refractivity (Wildman–Crippen MR) is 72.1 cm³/mol. The molecule has 1 aromatic carbocycles. The van der Waals surface area contributed by atoms with E-state index in [0.717, 1.165) is 0 Å². The van der Waals surface area contributed by atoms with Crippen molar-refractivity contribution in [1.29, 1.82) is 5.26 Å². The van der Waals surface area contributed by atoms with Crippen molar-refractivity contribution >= 4 is 33.5 Å². The molecule has 1 rings (SSSR count). The van der Waals surface area contributed by atoms with Crippen molar-refractivity contribution in [2.45, 2.75) is 6.42 Å². The van der Waals surface area contributed by atoms with Crippen LogP contribution in [0.1, 0.15) is 16.8 Å². The maximum absolute atomic E-state index is 11.7. The summed E-state index contributed by atoms with van der Waals surface area (Å²) in [4.78, 5) is 22.9. The summed E-state index contributed by atoms with van der Waals surface area (Å²) < 4.78 is 5.47. The van der Waals surface area contributed by atoms with Gasteiger partial charge in [-0.15, -0.1) is 0 Å². The molecule has 0 aliphatic heterocycles. The number of carbonyl (C=O) groups is 2. The van der Waals surface area contributed by atoms with E-state index in [1.54, 1.807) is 12.1 Å². The van der Waals surface area contributed by atoms with Gasteiger partial charge in [-0.2, -0.15) is 5.26 Å². The van der Waals surface area contributed by atoms with Gasteiger partial charge in [0.2, 0.25) is 0 Å². The molecule has 3 N–H and O–H groups in total. The van der Waals surface area contributed by atoms with Crippen molar-refractivity contribution in [3.8, 4) is 6.07 Å². The zero-order valence-electron chi connectivity index (χ0n) is 9.98. The molecule has 0 heterocycles. The minimum atomic E-state index is -0.636. The highest BCUT2D eigenvalue weighted by molar-refractivity contribution is 9.10. The number of hydrogen-bond donors (Lipinski definition) is 2. The average molecular weight is 326 g/mol. The van der Waals surface area contributed by atoms with Crippen molar-refractivity contribution in [2.75, 3.05) is 18.9 Å². The molecule has 0 fully saturated rings. The van der Waals surface area contributed by atoms with Crippen molar-refractivity contribution < 1.29 is 14.3 Å². The Morgan fingerprint density at radius 1 is 1.42 bits per heavy atom. The molecule has 0 saturated carbocycles. The molecule has 0 bridgehead atoms. The van der Waals surface area contributed by atoms with Crippen LogP contribution >= 0.6 is 15.9 Å². The Hall–Kier alpha value is -2.07. The van der Waals surface area contributed by atoms with Crippen LogP contribution in [-0.2, 0) is 9.53 Å². The van der Waals surface area contributed by atoms with Gasteiger partial charge in [-0.3, -0.25) is 4.79 Å². The zero-order chi connectivity index (χ0) is 14.3. The lowest BCUT2D eigenvalue weighted by molar-refractivity contribution is -0.124. The van der Waals surface area contributed by atoms with Gasteiger partial charge in [0.15, 0.2) is 6.61 Å². The highest BCUT2D eigenvalue weighted by atomic mass is 79.9. The predicted octanol–water partition coefficient (Wildman–Crippen LogP) is 1.22. The Kier molecular flexibility index (Phi) is 5.82. The van der Waals surface area contributed by atoms with E-state index in [-0.39, 0.29) is 18.5 Å². The second-order valence-electron chi connectivity index (χ2n) is 3.61. The fraction of sp³-hybridized carbons (Fsp3) is 0.250. The van der Waals surface area contributed by atoms with Crippen LogP contribution in [0.4, 0.5) is 5.69 Å². The van der Waals surface area contributed by atoms with E-state index in [1.807, 2.05) is 6.07 Å². The molecule has 0 aliphatic carbocycles. The van der Waals surface area contributed by atoms with Crippen molar-refractivity contribution in [3.05, 3.63) is 28.2 Å². The Morgan fingerprint density at radius 3 is 2.79 bits per heavy atom. The van der Waals surface area contributed by atoms with Gasteiger partial charge in [-0.05, 0) is 18.2 Å². The SMILES string of the molecule is N#CCCNC(=O)COC(=O)c1cc(N)cc(Br)c1. The largest absolute Gasteiger partial charge is 0.452 e. The highest BCUT2D eigenvalue weighted by Gasteiger charge is 2.11. The standard InChI is InChI=1S/C12H12BrN3O3/c13-9-4-8(5-10(15)6-9)12(18)19-7-11(17)16-3-1-2-14/h4-6H,1,3,7,15H2,(H,16,17). The number of rotatable bonds is 5. The van der Waals surface area contributed by atoms with Crippen LogP contribution < -0.4 is 11.1 Å². The molecule has 100 valence electrons. The number of nitrogens with one attached hydrogen (secondary N) is 1. The lowest BCUT2D eigenvalue weighted by Gasteiger charge is -2.06. The third kappa shape index (κ3) is 5.40. The zero-order valence-corrected chi connectivity index (χ0v) is 11.6. The first-order valence-electron chi connectivity index (χ1n) is 5.40. The Morgan fingerprint density at radius 2 is 2.16 bits per heavy atom. The molecule has 0 unspecified atom stereocenters. The normalized spacial score (nSPS) is 9.47. The van der Waals surface area contributed by atoms with Crippen LogP contribution in [0, 0.1) is 11.3 Å². The van der Waals surface area contributed by atoms with Crippen molar-refractivity contribution in [1.82, 2.24) is 5.32 Å². The van der Waals surface area contributed by atoms with E-state index in [2.05, 4.69) is 21.2 Å². The summed E-state index contributed by atoms with van der Waals surface area (Å²) >= 11 is 3.21. The third-order valence-electron chi connectivity index (χ3n) is 2.05. The number of carbonyl (C=O) groups excluding carboxylic acids is 2. The minimum Gasteiger partial charge on any atom is -0.452 e. The number of esters is 1. The number of nitrogens with two attached hydrogens (primary N) is 1. The van der Waals surface area contributed by atoms with E-state index in [0.29, 0.717) is 10.2 Å². The van der Waals surface area contributed by atoms with E-state index < -0.39 is 18.5 Å². The van der Waals surface area contributed by atoms with E-state index in [1.165, 1.54) is 6.07 Å². The van der Waals surface area contributed by atoms with Gasteiger partial charge < -0.3 is 15.8 Å². The van der Waals surface area contributed by atoms with E-state index in [4.69, 9.17) is 15.7 Å². The maximum Gasteiger partial charge on any atom is 0.338 e. The topological polar surface area (TPSA) is 105 Å². The summed E-state index contributed by atoms with van der Waals surface area (Å²) in [5.74, 6) is -1.09. The lowest BCUT2D eigenvalue weighted by atomic mass is 10.2. The molecule has 7 heteroatoms. The summed E-state index contributed by atoms with van der Waals surface area (Å²) in [6, 6.07) is 6.54. The number of nitriles is 1. The first-order chi connectivity index (χ1) is 9.02. The second-order valence-corrected chi connectivity index (χ2v) is 4.52. The van der Waals surface area contributed by atoms with Gasteiger partial charge >= 0.3 is 5.97 Å². The fourth-order valence-electron chi connectivity index (χ4n) is 1.25. The number of halogens is 1. The maximum atomic E-state index is 11.7. The molecule has 0 atom stereocenters. The van der Waals surface area contributed by atoms with E-state index in [9.17, 15) is 9.59 Å². The summed E-state index contributed by atoms with van der Waals surface area (Å²) in [7, 11) is 0. The van der Waals surface area contributed by atoms with Gasteiger partial charge in [-0.1, -0.05) is 15.9 Å². The quantitative estimate of drug-likeness (QED) is 0.481. The molecule has 0 aromatic heterocycles. The highest BCUT2D eigenvalue weighted by Crippen LogP contribution is 2.17. The summed E-state index contributed by atoms with van der Waals surface area (Å²) in [5, 5.41) is 10.7. The Labute approximate surface area is 118 Å². The molecule has 6 nitrogen and oxygen atoms in total. The van der Waals surface area contributed by atoms with Gasteiger partial charge in [-0.25, -0.2) is 4.79 Å². The fourth-order valence-corrected chi connectivity index (χ4v) is 1.76. The molecule has 1 amide bonds. The third-order valence-corrected chi connectivity index (χ3v) is 2.51. The lowest BCUT2D eigenvalue weighted by Crippen LogP contribution is -2.29. The van der Waals surface area contributed by atoms with Crippen molar-refractivity contribution in [2.24, 2.45) is 0 Å². The summed E-state index contributed by atoms with van der Waals surface area (Å²) in [6.45, 7) is -0.159. The monoisotopic (exact) mass is 325 g/mol. The average Bonchev–Trinajstić information content (AvgIpc) is 2.35. The van der Waals surface area contributed by atoms with Crippen LogP contribution in [-0.4, -0.2) is 25.0 Å². The number of nitrogens with zero attached hydrogens (tertiary/aromatic N) is 1. The molecule has 1 aromatic rings. The minimum absolute atomic E-state index is 0.210. The molecular formula is C12H12BrN3O3. The van der Waals surface area contributed by atoms with Crippen LogP contribution in [0.3, 0.4) is 0 Å². The van der Waals surface area contributed by atoms with Crippen LogP contribution in [0.2, 0.25) is 0 Å². The Bertz CT molecular complexity index is 505. The number of anilines is 1. The summed E-state index contributed by atoms with van der Waals surface area (Å²) in [5.41, 5.74) is 6.26. The molecular weight excluding hydrogens is 314 g/mol. The first-order valence-corrected chi connectivity index (χ1v) is 6.19. The van der Waals surface area contributed by atoms with Crippen molar-refractivity contribution in [3.63, 3.8) is 0 Å². The number of hydrogen-bond acceptors (Lipinski definition) is 5. The second kappa shape index (κ2) is 7.38.